The van der Waals surface area contributed by atoms with Crippen LogP contribution in [-0.4, -0.2) is 52.8 Å². The van der Waals surface area contributed by atoms with E-state index in [1.165, 1.54) is 5.69 Å². The van der Waals surface area contributed by atoms with Crippen LogP contribution in [-0.2, 0) is 6.54 Å². The fourth-order valence-electron chi connectivity index (χ4n) is 3.10. The Labute approximate surface area is 156 Å². The van der Waals surface area contributed by atoms with E-state index in [0.717, 1.165) is 54.5 Å². The topological polar surface area (TPSA) is 61.4 Å². The first-order chi connectivity index (χ1) is 12.7. The summed E-state index contributed by atoms with van der Waals surface area (Å²) < 4.78 is 8.34. The van der Waals surface area contributed by atoms with E-state index in [2.05, 4.69) is 55.2 Å². The number of nitrogens with zero attached hydrogens (tertiary/aromatic N) is 4. The number of hydrogen-bond acceptors (Lipinski definition) is 6. The molecule has 2 aromatic carbocycles. The summed E-state index contributed by atoms with van der Waals surface area (Å²) in [5.41, 5.74) is 4.53. The first kappa shape index (κ1) is 16.9. The van der Waals surface area contributed by atoms with Crippen LogP contribution in [0.2, 0.25) is 0 Å². The van der Waals surface area contributed by atoms with Crippen LogP contribution < -0.4 is 10.2 Å². The molecule has 1 N–H and O–H groups in total. The van der Waals surface area contributed by atoms with E-state index in [1.54, 1.807) is 12.1 Å². The number of piperazine rings is 1. The second kappa shape index (κ2) is 7.39. The summed E-state index contributed by atoms with van der Waals surface area (Å²) in [6.07, 6.45) is 0. The van der Waals surface area contributed by atoms with Gasteiger partial charge in [0.2, 0.25) is 0 Å². The minimum atomic E-state index is -0.0944. The molecule has 0 atom stereocenters. The third-order valence-electron chi connectivity index (χ3n) is 4.77. The minimum absolute atomic E-state index is 0.0944. The Kier molecular flexibility index (Phi) is 4.81. The zero-order valence-corrected chi connectivity index (χ0v) is 15.5. The van der Waals surface area contributed by atoms with Crippen molar-refractivity contribution in [2.75, 3.05) is 38.1 Å². The zero-order chi connectivity index (χ0) is 17.9. The van der Waals surface area contributed by atoms with Crippen molar-refractivity contribution in [2.45, 2.75) is 6.54 Å². The van der Waals surface area contributed by atoms with Crippen LogP contribution in [0.5, 0.6) is 0 Å². The molecule has 1 aliphatic rings. The number of fused-ring (bicyclic) bond motifs is 1. The molecule has 7 heteroatoms. The monoisotopic (exact) mass is 367 g/mol. The highest BCUT2D eigenvalue weighted by Gasteiger charge is 2.14. The number of rotatable bonds is 4. The fraction of sp³-hybridized carbons (Fsp3) is 0.316. The standard InChI is InChI=1S/C19H21N5OS/c1-23-8-10-24(11-9-23)16-5-2-14(3-6-16)13-20-19(25)15-4-7-17-18(12-15)22-26-21-17/h2-7,12H,8-11,13H2,1H3,(H,20,25). The Hall–Kier alpha value is -2.51. The number of nitrogens with one attached hydrogen (secondary N) is 1. The van der Waals surface area contributed by atoms with Crippen molar-refractivity contribution < 1.29 is 4.79 Å². The van der Waals surface area contributed by atoms with Crippen molar-refractivity contribution >= 4 is 34.4 Å². The number of aromatic nitrogens is 2. The van der Waals surface area contributed by atoms with Crippen LogP contribution in [0, 0.1) is 0 Å². The van der Waals surface area contributed by atoms with Crippen molar-refractivity contribution in [3.05, 3.63) is 53.6 Å². The second-order valence-electron chi connectivity index (χ2n) is 6.61. The molecule has 0 aliphatic carbocycles. The van der Waals surface area contributed by atoms with Crippen molar-refractivity contribution in [2.24, 2.45) is 0 Å². The van der Waals surface area contributed by atoms with Gasteiger partial charge < -0.3 is 15.1 Å². The lowest BCUT2D eigenvalue weighted by Crippen LogP contribution is -2.44. The van der Waals surface area contributed by atoms with Crippen LogP contribution in [0.15, 0.2) is 42.5 Å². The summed E-state index contributed by atoms with van der Waals surface area (Å²) in [5, 5.41) is 2.97. The van der Waals surface area contributed by atoms with Crippen molar-refractivity contribution in [3.63, 3.8) is 0 Å². The maximum Gasteiger partial charge on any atom is 0.251 e. The van der Waals surface area contributed by atoms with Gasteiger partial charge in [0.15, 0.2) is 0 Å². The van der Waals surface area contributed by atoms with Gasteiger partial charge in [-0.25, -0.2) is 0 Å². The van der Waals surface area contributed by atoms with E-state index in [-0.39, 0.29) is 5.91 Å². The maximum absolute atomic E-state index is 12.4. The number of anilines is 1. The third-order valence-corrected chi connectivity index (χ3v) is 5.33. The lowest BCUT2D eigenvalue weighted by atomic mass is 10.1. The van der Waals surface area contributed by atoms with Crippen molar-refractivity contribution in [3.8, 4) is 0 Å². The lowest BCUT2D eigenvalue weighted by molar-refractivity contribution is 0.0951. The number of amides is 1. The van der Waals surface area contributed by atoms with Gasteiger partial charge in [-0.1, -0.05) is 12.1 Å². The van der Waals surface area contributed by atoms with Gasteiger partial charge in [0.25, 0.3) is 5.91 Å². The molecule has 1 amide bonds. The Morgan fingerprint density at radius 1 is 1.04 bits per heavy atom. The molecule has 1 saturated heterocycles. The summed E-state index contributed by atoms with van der Waals surface area (Å²) in [5.74, 6) is -0.0944. The second-order valence-corrected chi connectivity index (χ2v) is 7.14. The number of carbonyl (C=O) groups is 1. The summed E-state index contributed by atoms with van der Waals surface area (Å²) >= 11 is 1.16. The lowest BCUT2D eigenvalue weighted by Gasteiger charge is -2.34. The van der Waals surface area contributed by atoms with Crippen LogP contribution in [0.25, 0.3) is 11.0 Å². The summed E-state index contributed by atoms with van der Waals surface area (Å²) in [6, 6.07) is 13.8. The molecular weight excluding hydrogens is 346 g/mol. The highest BCUT2D eigenvalue weighted by Crippen LogP contribution is 2.17. The maximum atomic E-state index is 12.4. The molecule has 0 spiro atoms. The van der Waals surface area contributed by atoms with E-state index in [9.17, 15) is 4.79 Å². The van der Waals surface area contributed by atoms with Crippen LogP contribution in [0.1, 0.15) is 15.9 Å². The molecular formula is C19H21N5OS. The first-order valence-corrected chi connectivity index (χ1v) is 9.45. The fourth-order valence-corrected chi connectivity index (χ4v) is 3.61. The summed E-state index contributed by atoms with van der Waals surface area (Å²) in [4.78, 5) is 17.1. The molecule has 2 heterocycles. The van der Waals surface area contributed by atoms with Gasteiger partial charge in [0.1, 0.15) is 11.0 Å². The van der Waals surface area contributed by atoms with Gasteiger partial charge in [-0.2, -0.15) is 8.75 Å². The van der Waals surface area contributed by atoms with Gasteiger partial charge in [-0.3, -0.25) is 4.79 Å². The molecule has 4 rings (SSSR count). The van der Waals surface area contributed by atoms with E-state index in [1.807, 2.05) is 6.07 Å². The number of carbonyl (C=O) groups excluding carboxylic acids is 1. The molecule has 134 valence electrons. The van der Waals surface area contributed by atoms with E-state index in [4.69, 9.17) is 0 Å². The Morgan fingerprint density at radius 3 is 2.54 bits per heavy atom. The zero-order valence-electron chi connectivity index (χ0n) is 14.7. The Balaban J connectivity index is 1.36. The molecule has 0 bridgehead atoms. The van der Waals surface area contributed by atoms with Crippen LogP contribution >= 0.6 is 11.7 Å². The molecule has 0 saturated carbocycles. The smallest absolute Gasteiger partial charge is 0.251 e. The summed E-state index contributed by atoms with van der Waals surface area (Å²) in [6.45, 7) is 4.81. The van der Waals surface area contributed by atoms with Gasteiger partial charge >= 0.3 is 0 Å². The molecule has 26 heavy (non-hydrogen) atoms. The van der Waals surface area contributed by atoms with Gasteiger partial charge in [0, 0.05) is 44.0 Å². The average molecular weight is 367 g/mol. The highest BCUT2D eigenvalue weighted by atomic mass is 32.1. The van der Waals surface area contributed by atoms with E-state index >= 15 is 0 Å². The molecule has 0 radical (unpaired) electrons. The SMILES string of the molecule is CN1CCN(c2ccc(CNC(=O)c3ccc4nsnc4c3)cc2)CC1. The van der Waals surface area contributed by atoms with Gasteiger partial charge in [-0.15, -0.1) is 0 Å². The predicted octanol–water partition coefficient (Wildman–Crippen LogP) is 2.37. The highest BCUT2D eigenvalue weighted by molar-refractivity contribution is 7.00. The normalized spacial score (nSPS) is 15.3. The van der Waals surface area contributed by atoms with E-state index < -0.39 is 0 Å². The van der Waals surface area contributed by atoms with E-state index in [0.29, 0.717) is 12.1 Å². The van der Waals surface area contributed by atoms with Gasteiger partial charge in [0.05, 0.1) is 11.7 Å². The third kappa shape index (κ3) is 3.68. The molecule has 0 unspecified atom stereocenters. The number of benzene rings is 2. The van der Waals surface area contributed by atoms with Gasteiger partial charge in [-0.05, 0) is 42.9 Å². The molecule has 1 aliphatic heterocycles. The van der Waals surface area contributed by atoms with Crippen molar-refractivity contribution in [1.29, 1.82) is 0 Å². The minimum Gasteiger partial charge on any atom is -0.369 e. The predicted molar refractivity (Wildman–Crippen MR) is 105 cm³/mol. The Morgan fingerprint density at radius 2 is 1.77 bits per heavy atom. The Bertz CT molecular complexity index is 900. The first-order valence-electron chi connectivity index (χ1n) is 8.72. The van der Waals surface area contributed by atoms with Crippen molar-refractivity contribution in [1.82, 2.24) is 19.0 Å². The molecule has 3 aromatic rings. The molecule has 1 fully saturated rings. The van der Waals surface area contributed by atoms with Crippen LogP contribution in [0.4, 0.5) is 5.69 Å². The largest absolute Gasteiger partial charge is 0.369 e. The average Bonchev–Trinajstić information content (AvgIpc) is 3.15. The quantitative estimate of drug-likeness (QED) is 0.767. The van der Waals surface area contributed by atoms with Crippen LogP contribution in [0.3, 0.4) is 0 Å². The summed E-state index contributed by atoms with van der Waals surface area (Å²) in [7, 11) is 2.16. The molecule has 6 nitrogen and oxygen atoms in total. The molecule has 1 aromatic heterocycles. The number of likely N-dealkylation sites (N-methyl/N-ethyl adjacent to an activating group) is 1. The number of hydrogen-bond donors (Lipinski definition) is 1.